The van der Waals surface area contributed by atoms with Crippen LogP contribution in [-0.4, -0.2) is 28.7 Å². The Balaban J connectivity index is 5.01. The SMILES string of the molecule is CC(C)(C)[Si](C)(C)OC(=O)C[C@H](/C=C\I)O[Si](C)(C)C(C)(C)C. The molecule has 0 saturated heterocycles. The summed E-state index contributed by atoms with van der Waals surface area (Å²) < 4.78 is 14.2. The summed E-state index contributed by atoms with van der Waals surface area (Å²) in [5, 5.41) is 0.144. The fraction of sp³-hybridized carbons (Fsp3) is 0.824. The molecule has 0 saturated carbocycles. The van der Waals surface area contributed by atoms with Gasteiger partial charge in [-0.15, -0.1) is 0 Å². The van der Waals surface area contributed by atoms with Crippen LogP contribution in [0.1, 0.15) is 48.0 Å². The molecule has 136 valence electrons. The topological polar surface area (TPSA) is 35.5 Å². The summed E-state index contributed by atoms with van der Waals surface area (Å²) >= 11 is 2.17. The van der Waals surface area contributed by atoms with Gasteiger partial charge in [0.05, 0.1) is 12.5 Å². The predicted octanol–water partition coefficient (Wildman–Crippen LogP) is 6.26. The number of hydrogen-bond donors (Lipinski definition) is 0. The van der Waals surface area contributed by atoms with Crippen LogP contribution in [0.3, 0.4) is 0 Å². The number of carbonyl (C=O) groups is 1. The first kappa shape index (κ1) is 23.3. The van der Waals surface area contributed by atoms with Gasteiger partial charge in [-0.1, -0.05) is 70.2 Å². The first-order valence-electron chi connectivity index (χ1n) is 8.20. The quantitative estimate of drug-likeness (QED) is 0.339. The minimum atomic E-state index is -2.07. The molecule has 0 amide bonds. The Hall–Kier alpha value is 0.334. The van der Waals surface area contributed by atoms with Gasteiger partial charge in [-0.05, 0) is 40.3 Å². The fourth-order valence-corrected chi connectivity index (χ4v) is 4.12. The van der Waals surface area contributed by atoms with Crippen LogP contribution in [0.2, 0.25) is 36.3 Å². The van der Waals surface area contributed by atoms with E-state index in [1.165, 1.54) is 0 Å². The van der Waals surface area contributed by atoms with E-state index < -0.39 is 16.6 Å². The molecule has 0 aromatic rings. The third kappa shape index (κ3) is 7.40. The van der Waals surface area contributed by atoms with Crippen LogP contribution in [-0.2, 0) is 13.6 Å². The van der Waals surface area contributed by atoms with Crippen molar-refractivity contribution in [3.05, 3.63) is 10.2 Å². The van der Waals surface area contributed by atoms with Crippen LogP contribution < -0.4 is 0 Å². The lowest BCUT2D eigenvalue weighted by Gasteiger charge is -2.39. The lowest BCUT2D eigenvalue weighted by atomic mass is 10.2. The van der Waals surface area contributed by atoms with E-state index in [4.69, 9.17) is 8.85 Å². The summed E-state index contributed by atoms with van der Waals surface area (Å²) in [6, 6.07) is 0. The molecule has 23 heavy (non-hydrogen) atoms. The number of carbonyl (C=O) groups excluding carboxylic acids is 1. The molecule has 0 spiro atoms. The first-order chi connectivity index (χ1) is 10.0. The summed E-state index contributed by atoms with van der Waals surface area (Å²) in [6.07, 6.45) is 2.05. The van der Waals surface area contributed by atoms with E-state index in [-0.39, 0.29) is 22.1 Å². The lowest BCUT2D eigenvalue weighted by molar-refractivity contribution is -0.136. The van der Waals surface area contributed by atoms with Gasteiger partial charge < -0.3 is 8.85 Å². The van der Waals surface area contributed by atoms with Crippen molar-refractivity contribution in [3.8, 4) is 0 Å². The summed E-state index contributed by atoms with van der Waals surface area (Å²) in [5.41, 5.74) is 0. The Kier molecular flexibility index (Phi) is 8.26. The largest absolute Gasteiger partial charge is 0.519 e. The van der Waals surface area contributed by atoms with Gasteiger partial charge in [0.25, 0.3) is 14.3 Å². The molecule has 1 atom stereocenters. The monoisotopic (exact) mass is 470 g/mol. The van der Waals surface area contributed by atoms with Gasteiger partial charge >= 0.3 is 0 Å². The Morgan fingerprint density at radius 2 is 1.43 bits per heavy atom. The summed E-state index contributed by atoms with van der Waals surface area (Å²) in [5.74, 6) is -0.144. The number of hydrogen-bond acceptors (Lipinski definition) is 3. The zero-order chi connectivity index (χ0) is 18.7. The van der Waals surface area contributed by atoms with Crippen molar-refractivity contribution in [2.75, 3.05) is 0 Å². The van der Waals surface area contributed by atoms with E-state index in [9.17, 15) is 4.79 Å². The van der Waals surface area contributed by atoms with Crippen LogP contribution in [0.4, 0.5) is 0 Å². The predicted molar refractivity (Wildman–Crippen MR) is 113 cm³/mol. The van der Waals surface area contributed by atoms with Crippen molar-refractivity contribution in [1.29, 1.82) is 0 Å². The zero-order valence-electron chi connectivity index (χ0n) is 16.5. The van der Waals surface area contributed by atoms with Crippen molar-refractivity contribution >= 4 is 45.2 Å². The molecule has 0 unspecified atom stereocenters. The Labute approximate surface area is 159 Å². The van der Waals surface area contributed by atoms with Crippen molar-refractivity contribution in [3.63, 3.8) is 0 Å². The third-order valence-corrected chi connectivity index (χ3v) is 14.4. The Bertz CT molecular complexity index is 432. The summed E-state index contributed by atoms with van der Waals surface area (Å²) in [6.45, 7) is 21.7. The second-order valence-electron chi connectivity index (χ2n) is 9.17. The van der Waals surface area contributed by atoms with Gasteiger partial charge in [-0.2, -0.15) is 0 Å². The molecule has 0 bridgehead atoms. The molecule has 0 fully saturated rings. The summed E-state index contributed by atoms with van der Waals surface area (Å²) in [7, 11) is -3.99. The molecule has 0 radical (unpaired) electrons. The van der Waals surface area contributed by atoms with Crippen LogP contribution in [0.5, 0.6) is 0 Å². The van der Waals surface area contributed by atoms with Crippen LogP contribution in [0.15, 0.2) is 10.2 Å². The molecule has 0 aromatic carbocycles. The highest BCUT2D eigenvalue weighted by atomic mass is 127. The van der Waals surface area contributed by atoms with Gasteiger partial charge in [0, 0.05) is 0 Å². The van der Waals surface area contributed by atoms with Crippen LogP contribution in [0, 0.1) is 0 Å². The molecule has 0 aromatic heterocycles. The molecule has 0 heterocycles. The molecule has 6 heteroatoms. The van der Waals surface area contributed by atoms with Crippen LogP contribution >= 0.6 is 22.6 Å². The Morgan fingerprint density at radius 3 is 1.78 bits per heavy atom. The van der Waals surface area contributed by atoms with Gasteiger partial charge in [0.1, 0.15) is 0 Å². The van der Waals surface area contributed by atoms with Crippen molar-refractivity contribution in [2.45, 2.75) is 90.3 Å². The molecule has 0 aliphatic rings. The number of rotatable bonds is 6. The highest BCUT2D eigenvalue weighted by Crippen LogP contribution is 2.39. The van der Waals surface area contributed by atoms with Gasteiger partial charge in [0.2, 0.25) is 0 Å². The van der Waals surface area contributed by atoms with E-state index in [2.05, 4.69) is 90.3 Å². The molecule has 0 aliphatic carbocycles. The normalized spacial score (nSPS) is 15.8. The average molecular weight is 471 g/mol. The number of halogens is 1. The molecule has 0 aliphatic heterocycles. The smallest absolute Gasteiger partial charge is 0.295 e. The highest BCUT2D eigenvalue weighted by Gasteiger charge is 2.42. The Morgan fingerprint density at radius 1 is 1.00 bits per heavy atom. The van der Waals surface area contributed by atoms with E-state index in [1.54, 1.807) is 0 Å². The van der Waals surface area contributed by atoms with Gasteiger partial charge in [0.15, 0.2) is 8.32 Å². The first-order valence-corrected chi connectivity index (χ1v) is 15.3. The van der Waals surface area contributed by atoms with Crippen molar-refractivity contribution in [1.82, 2.24) is 0 Å². The molecular weight excluding hydrogens is 435 g/mol. The minimum absolute atomic E-state index is 0.0253. The fourth-order valence-electron chi connectivity index (χ4n) is 1.43. The molecule has 0 rings (SSSR count). The second kappa shape index (κ2) is 8.14. The van der Waals surface area contributed by atoms with E-state index >= 15 is 0 Å². The van der Waals surface area contributed by atoms with E-state index in [0.29, 0.717) is 6.42 Å². The standard InChI is InChI=1S/C17H35IO3Si2/c1-16(2,3)22(7,8)20-14(11-12-18)13-15(19)21-23(9,10)17(4,5)6/h11-12,14H,13H2,1-10H3/b12-11-/t14-/m0/s1. The maximum absolute atomic E-state index is 12.4. The van der Waals surface area contributed by atoms with Crippen molar-refractivity contribution in [2.24, 2.45) is 0 Å². The molecular formula is C17H35IO3Si2. The maximum Gasteiger partial charge on any atom is 0.295 e. The zero-order valence-corrected chi connectivity index (χ0v) is 20.7. The maximum atomic E-state index is 12.4. The van der Waals surface area contributed by atoms with E-state index in [0.717, 1.165) is 0 Å². The average Bonchev–Trinajstić information content (AvgIpc) is 2.23. The third-order valence-electron chi connectivity index (χ3n) is 5.08. The highest BCUT2D eigenvalue weighted by molar-refractivity contribution is 14.1. The second-order valence-corrected chi connectivity index (χ2v) is 19.4. The lowest BCUT2D eigenvalue weighted by Crippen LogP contribution is -2.45. The molecule has 0 N–H and O–H groups in total. The minimum Gasteiger partial charge on any atom is -0.519 e. The van der Waals surface area contributed by atoms with Gasteiger partial charge in [-0.25, -0.2) is 0 Å². The molecule has 3 nitrogen and oxygen atoms in total. The summed E-state index contributed by atoms with van der Waals surface area (Å²) in [4.78, 5) is 12.4. The van der Waals surface area contributed by atoms with Crippen LogP contribution in [0.25, 0.3) is 0 Å². The van der Waals surface area contributed by atoms with Crippen molar-refractivity contribution < 1.29 is 13.6 Å². The van der Waals surface area contributed by atoms with Gasteiger partial charge in [-0.3, -0.25) is 4.79 Å². The van der Waals surface area contributed by atoms with E-state index in [1.807, 2.05) is 10.2 Å².